The van der Waals surface area contributed by atoms with Gasteiger partial charge in [0.1, 0.15) is 13.2 Å². The molecular weight excluding hydrogens is 380 g/mol. The summed E-state index contributed by atoms with van der Waals surface area (Å²) in [6.45, 7) is 3.34. The molecule has 28 heavy (non-hydrogen) atoms. The largest absolute Gasteiger partial charge is 0.486 e. The first-order valence-electron chi connectivity index (χ1n) is 9.34. The standard InChI is InChI=1S/C21H21ClN2O4/c1-2-13-3-5-15(6-4-13)24-12-14(9-20(24)25)21(26)23-17-11-19-18(10-16(17)22)27-7-8-28-19/h3-6,10-11,14H,2,7-9,12H2,1H3,(H,23,26). The van der Waals surface area contributed by atoms with Crippen molar-refractivity contribution < 1.29 is 19.1 Å². The zero-order chi connectivity index (χ0) is 19.7. The summed E-state index contributed by atoms with van der Waals surface area (Å²) < 4.78 is 11.0. The van der Waals surface area contributed by atoms with Gasteiger partial charge in [-0.15, -0.1) is 0 Å². The molecule has 2 aliphatic heterocycles. The van der Waals surface area contributed by atoms with E-state index in [0.29, 0.717) is 42.0 Å². The zero-order valence-corrected chi connectivity index (χ0v) is 16.3. The van der Waals surface area contributed by atoms with Crippen LogP contribution in [-0.2, 0) is 16.0 Å². The quantitative estimate of drug-likeness (QED) is 0.850. The fourth-order valence-electron chi connectivity index (χ4n) is 3.44. The number of hydrogen-bond donors (Lipinski definition) is 1. The number of nitrogens with one attached hydrogen (secondary N) is 1. The third kappa shape index (κ3) is 3.64. The molecule has 2 aromatic rings. The molecule has 0 saturated carbocycles. The van der Waals surface area contributed by atoms with E-state index in [1.807, 2.05) is 24.3 Å². The normalized spacial score (nSPS) is 18.3. The Morgan fingerprint density at radius 3 is 2.54 bits per heavy atom. The highest BCUT2D eigenvalue weighted by Crippen LogP contribution is 2.38. The molecule has 4 rings (SSSR count). The van der Waals surface area contributed by atoms with Crippen LogP contribution in [0.25, 0.3) is 0 Å². The lowest BCUT2D eigenvalue weighted by Crippen LogP contribution is -2.28. The lowest BCUT2D eigenvalue weighted by Gasteiger charge is -2.20. The van der Waals surface area contributed by atoms with Crippen molar-refractivity contribution in [3.63, 3.8) is 0 Å². The van der Waals surface area contributed by atoms with Crippen LogP contribution in [0.5, 0.6) is 11.5 Å². The van der Waals surface area contributed by atoms with Gasteiger partial charge in [0.05, 0.1) is 16.6 Å². The predicted octanol–water partition coefficient (Wildman–Crippen LogP) is 3.67. The number of halogens is 1. The molecule has 2 aromatic carbocycles. The Kier molecular flexibility index (Phi) is 5.13. The molecule has 1 fully saturated rings. The van der Waals surface area contributed by atoms with E-state index < -0.39 is 5.92 Å². The van der Waals surface area contributed by atoms with Crippen molar-refractivity contribution in [1.82, 2.24) is 0 Å². The summed E-state index contributed by atoms with van der Waals surface area (Å²) in [5.74, 6) is 0.373. The fourth-order valence-corrected chi connectivity index (χ4v) is 3.64. The Morgan fingerprint density at radius 1 is 1.18 bits per heavy atom. The monoisotopic (exact) mass is 400 g/mol. The number of hydrogen-bond acceptors (Lipinski definition) is 4. The van der Waals surface area contributed by atoms with Crippen LogP contribution in [0.4, 0.5) is 11.4 Å². The number of carbonyl (C=O) groups is 2. The molecule has 1 unspecified atom stereocenters. The molecule has 0 radical (unpaired) electrons. The van der Waals surface area contributed by atoms with Crippen LogP contribution < -0.4 is 19.7 Å². The highest BCUT2D eigenvalue weighted by Gasteiger charge is 2.35. The minimum absolute atomic E-state index is 0.0577. The van der Waals surface area contributed by atoms with Crippen LogP contribution in [-0.4, -0.2) is 31.6 Å². The summed E-state index contributed by atoms with van der Waals surface area (Å²) in [7, 11) is 0. The van der Waals surface area contributed by atoms with E-state index >= 15 is 0 Å². The molecule has 1 atom stereocenters. The van der Waals surface area contributed by atoms with Gasteiger partial charge in [-0.25, -0.2) is 0 Å². The van der Waals surface area contributed by atoms with Gasteiger partial charge in [-0.05, 0) is 24.1 Å². The average Bonchev–Trinajstić information content (AvgIpc) is 3.10. The number of benzene rings is 2. The lowest BCUT2D eigenvalue weighted by molar-refractivity contribution is -0.122. The van der Waals surface area contributed by atoms with Crippen LogP contribution in [0.15, 0.2) is 36.4 Å². The lowest BCUT2D eigenvalue weighted by atomic mass is 10.1. The molecule has 0 spiro atoms. The molecule has 0 aromatic heterocycles. The molecule has 1 saturated heterocycles. The van der Waals surface area contributed by atoms with Crippen molar-refractivity contribution >= 4 is 34.8 Å². The van der Waals surface area contributed by atoms with E-state index in [1.165, 1.54) is 5.56 Å². The number of ether oxygens (including phenoxy) is 2. The summed E-state index contributed by atoms with van der Waals surface area (Å²) in [6.07, 6.45) is 1.11. The second-order valence-corrected chi connectivity index (χ2v) is 7.30. The van der Waals surface area contributed by atoms with Crippen molar-refractivity contribution in [2.75, 3.05) is 30.0 Å². The number of amides is 2. The molecule has 1 N–H and O–H groups in total. The van der Waals surface area contributed by atoms with Crippen LogP contribution in [0.3, 0.4) is 0 Å². The molecule has 2 amide bonds. The maximum atomic E-state index is 12.7. The average molecular weight is 401 g/mol. The van der Waals surface area contributed by atoms with Gasteiger partial charge >= 0.3 is 0 Å². The Balaban J connectivity index is 1.46. The van der Waals surface area contributed by atoms with Gasteiger partial charge in [-0.3, -0.25) is 9.59 Å². The molecular formula is C21H21ClN2O4. The molecule has 2 aliphatic rings. The Bertz CT molecular complexity index is 913. The van der Waals surface area contributed by atoms with E-state index in [-0.39, 0.29) is 18.2 Å². The summed E-state index contributed by atoms with van der Waals surface area (Å²) in [5.41, 5.74) is 2.47. The van der Waals surface area contributed by atoms with Crippen molar-refractivity contribution in [2.45, 2.75) is 19.8 Å². The summed E-state index contributed by atoms with van der Waals surface area (Å²) in [5, 5.41) is 3.20. The van der Waals surface area contributed by atoms with Crippen LogP contribution in [0.2, 0.25) is 5.02 Å². The Morgan fingerprint density at radius 2 is 1.86 bits per heavy atom. The summed E-state index contributed by atoms with van der Waals surface area (Å²) in [6, 6.07) is 11.2. The molecule has 7 heteroatoms. The molecule has 0 bridgehead atoms. The van der Waals surface area contributed by atoms with Crippen LogP contribution in [0, 0.1) is 5.92 Å². The number of aryl methyl sites for hydroxylation is 1. The molecule has 2 heterocycles. The van der Waals surface area contributed by atoms with E-state index in [0.717, 1.165) is 12.1 Å². The zero-order valence-electron chi connectivity index (χ0n) is 15.5. The smallest absolute Gasteiger partial charge is 0.229 e. The minimum atomic E-state index is -0.442. The third-order valence-electron chi connectivity index (χ3n) is 5.04. The third-order valence-corrected chi connectivity index (χ3v) is 5.35. The number of nitrogens with zero attached hydrogens (tertiary/aromatic N) is 1. The maximum absolute atomic E-state index is 12.7. The highest BCUT2D eigenvalue weighted by molar-refractivity contribution is 6.34. The van der Waals surface area contributed by atoms with Gasteiger partial charge in [-0.2, -0.15) is 0 Å². The molecule has 6 nitrogen and oxygen atoms in total. The second-order valence-electron chi connectivity index (χ2n) is 6.89. The number of fused-ring (bicyclic) bond motifs is 1. The van der Waals surface area contributed by atoms with Crippen molar-refractivity contribution in [3.05, 3.63) is 47.0 Å². The van der Waals surface area contributed by atoms with Gasteiger partial charge in [0.2, 0.25) is 11.8 Å². The van der Waals surface area contributed by atoms with Gasteiger partial charge < -0.3 is 19.7 Å². The van der Waals surface area contributed by atoms with Crippen molar-refractivity contribution in [3.8, 4) is 11.5 Å². The van der Waals surface area contributed by atoms with Gasteiger partial charge in [0.25, 0.3) is 0 Å². The van der Waals surface area contributed by atoms with E-state index in [2.05, 4.69) is 12.2 Å². The summed E-state index contributed by atoms with van der Waals surface area (Å²) >= 11 is 6.27. The van der Waals surface area contributed by atoms with Gasteiger partial charge in [-0.1, -0.05) is 30.7 Å². The SMILES string of the molecule is CCc1ccc(N2CC(C(=O)Nc3cc4c(cc3Cl)OCCO4)CC2=O)cc1. The highest BCUT2D eigenvalue weighted by atomic mass is 35.5. The minimum Gasteiger partial charge on any atom is -0.486 e. The fraction of sp³-hybridized carbons (Fsp3) is 0.333. The first-order valence-corrected chi connectivity index (χ1v) is 9.72. The summed E-state index contributed by atoms with van der Waals surface area (Å²) in [4.78, 5) is 26.8. The van der Waals surface area contributed by atoms with Gasteiger partial charge in [0, 0.05) is 30.8 Å². The molecule has 146 valence electrons. The van der Waals surface area contributed by atoms with E-state index in [1.54, 1.807) is 17.0 Å². The maximum Gasteiger partial charge on any atom is 0.229 e. The second kappa shape index (κ2) is 7.72. The van der Waals surface area contributed by atoms with Gasteiger partial charge in [0.15, 0.2) is 11.5 Å². The van der Waals surface area contributed by atoms with Crippen molar-refractivity contribution in [1.29, 1.82) is 0 Å². The molecule has 0 aliphatic carbocycles. The first-order chi connectivity index (χ1) is 13.5. The first kappa shape index (κ1) is 18.6. The number of rotatable bonds is 4. The van der Waals surface area contributed by atoms with Crippen LogP contribution >= 0.6 is 11.6 Å². The Hall–Kier alpha value is -2.73. The van der Waals surface area contributed by atoms with E-state index in [9.17, 15) is 9.59 Å². The van der Waals surface area contributed by atoms with E-state index in [4.69, 9.17) is 21.1 Å². The Labute approximate surface area is 168 Å². The van der Waals surface area contributed by atoms with Crippen LogP contribution in [0.1, 0.15) is 18.9 Å². The number of anilines is 2. The predicted molar refractivity (Wildman–Crippen MR) is 107 cm³/mol. The number of carbonyl (C=O) groups excluding carboxylic acids is 2. The topological polar surface area (TPSA) is 67.9 Å². The van der Waals surface area contributed by atoms with Crippen molar-refractivity contribution in [2.24, 2.45) is 5.92 Å².